The summed E-state index contributed by atoms with van der Waals surface area (Å²) in [5.41, 5.74) is 2.31. The molecule has 0 radical (unpaired) electrons. The largest absolute Gasteiger partial charge is 0.355 e. The summed E-state index contributed by atoms with van der Waals surface area (Å²) in [5.74, 6) is -2.37. The van der Waals surface area contributed by atoms with E-state index in [1.807, 2.05) is 13.8 Å². The molecule has 0 unspecified atom stereocenters. The van der Waals surface area contributed by atoms with Crippen LogP contribution >= 0.6 is 0 Å². The maximum absolute atomic E-state index is 14.8. The summed E-state index contributed by atoms with van der Waals surface area (Å²) in [6, 6.07) is 8.20. The van der Waals surface area contributed by atoms with Crippen molar-refractivity contribution in [3.8, 4) is 0 Å². The van der Waals surface area contributed by atoms with Gasteiger partial charge < -0.3 is 20.4 Å². The smallest absolute Gasteiger partial charge is 0.257 e. The number of nitrogens with one attached hydrogen (secondary N) is 2. The molecule has 4 amide bonds. The number of benzene rings is 2. The minimum Gasteiger partial charge on any atom is -0.355 e. The molecule has 0 aromatic heterocycles. The molecule has 2 heterocycles. The van der Waals surface area contributed by atoms with E-state index in [1.165, 1.54) is 21.9 Å². The molecule has 42 heavy (non-hydrogen) atoms. The van der Waals surface area contributed by atoms with Crippen LogP contribution in [-0.2, 0) is 22.4 Å². The first-order valence-corrected chi connectivity index (χ1v) is 14.7. The number of hydrogen-bond acceptors (Lipinski definition) is 5. The van der Waals surface area contributed by atoms with Crippen LogP contribution in [0.15, 0.2) is 36.4 Å². The molecule has 1 saturated heterocycles. The molecule has 10 heteroatoms. The van der Waals surface area contributed by atoms with Crippen LogP contribution in [0.3, 0.4) is 0 Å². The standard InChI is InChI=1S/C32H37FN4O5/c1-19(2)26-17-36(31(41)23-8-3-7-22-21(23)11-13-28(22)38)18-29(39)34-14-4-6-20-10-12-25(33)24(16-20)32(42)37-15-5-9-27(37)30(40)35-26/h3,7-8,10,12,16,19,26-27H,4-6,9,11,13-15,17-18H2,1-2H3,(H,34,39)(H,35,40)/t26-,27-/m0/s1. The van der Waals surface area contributed by atoms with Gasteiger partial charge in [0.05, 0.1) is 12.1 Å². The van der Waals surface area contributed by atoms with E-state index < -0.39 is 23.8 Å². The maximum atomic E-state index is 14.8. The number of nitrogens with zero attached hydrogens (tertiary/aromatic N) is 2. The molecule has 2 aromatic carbocycles. The van der Waals surface area contributed by atoms with E-state index in [0.717, 1.165) is 5.56 Å². The van der Waals surface area contributed by atoms with Crippen molar-refractivity contribution in [3.63, 3.8) is 0 Å². The summed E-state index contributed by atoms with van der Waals surface area (Å²) in [4.78, 5) is 69.3. The van der Waals surface area contributed by atoms with Crippen molar-refractivity contribution < 1.29 is 28.4 Å². The molecule has 3 aliphatic rings. The second kappa shape index (κ2) is 12.4. The Hall–Kier alpha value is -4.08. The average Bonchev–Trinajstić information content (AvgIpc) is 3.61. The predicted octanol–water partition coefficient (Wildman–Crippen LogP) is 2.90. The fraction of sp³-hybridized carbons (Fsp3) is 0.469. The molecule has 2 aromatic rings. The lowest BCUT2D eigenvalue weighted by atomic mass is 9.99. The Balaban J connectivity index is 1.46. The third-order valence-electron chi connectivity index (χ3n) is 8.52. The quantitative estimate of drug-likeness (QED) is 0.571. The van der Waals surface area contributed by atoms with Crippen LogP contribution in [0, 0.1) is 11.7 Å². The minimum absolute atomic E-state index is 0.00519. The van der Waals surface area contributed by atoms with Gasteiger partial charge in [-0.25, -0.2) is 4.39 Å². The van der Waals surface area contributed by atoms with Gasteiger partial charge >= 0.3 is 0 Å². The second-order valence-corrected chi connectivity index (χ2v) is 11.7. The zero-order valence-corrected chi connectivity index (χ0v) is 24.1. The molecule has 2 atom stereocenters. The van der Waals surface area contributed by atoms with Gasteiger partial charge in [-0.2, -0.15) is 0 Å². The Bertz CT molecular complexity index is 1420. The number of amides is 4. The van der Waals surface area contributed by atoms with Crippen LogP contribution in [0.4, 0.5) is 4.39 Å². The maximum Gasteiger partial charge on any atom is 0.257 e. The van der Waals surface area contributed by atoms with E-state index in [0.29, 0.717) is 68.3 Å². The molecule has 9 nitrogen and oxygen atoms in total. The number of Topliss-reactive ketones (excluding diaryl/α,β-unsaturated/α-hetero) is 1. The van der Waals surface area contributed by atoms with Gasteiger partial charge in [0.15, 0.2) is 5.78 Å². The lowest BCUT2D eigenvalue weighted by Crippen LogP contribution is -2.55. The molecular weight excluding hydrogens is 539 g/mol. The van der Waals surface area contributed by atoms with E-state index >= 15 is 0 Å². The molecule has 1 aliphatic carbocycles. The highest BCUT2D eigenvalue weighted by atomic mass is 19.1. The van der Waals surface area contributed by atoms with Crippen molar-refractivity contribution in [1.82, 2.24) is 20.4 Å². The lowest BCUT2D eigenvalue weighted by molar-refractivity contribution is -0.126. The first kappa shape index (κ1) is 29.4. The van der Waals surface area contributed by atoms with Crippen LogP contribution < -0.4 is 10.6 Å². The third kappa shape index (κ3) is 6.07. The van der Waals surface area contributed by atoms with Gasteiger partial charge in [-0.05, 0) is 67.3 Å². The first-order valence-electron chi connectivity index (χ1n) is 14.7. The van der Waals surface area contributed by atoms with Gasteiger partial charge in [0.2, 0.25) is 11.8 Å². The normalized spacial score (nSPS) is 22.0. The zero-order chi connectivity index (χ0) is 30.0. The van der Waals surface area contributed by atoms with Gasteiger partial charge in [-0.1, -0.05) is 32.0 Å². The average molecular weight is 577 g/mol. The SMILES string of the molecule is CC(C)[C@@H]1CN(C(=O)c2cccc3c2CCC3=O)CC(=O)NCCCc2ccc(F)c(c2)C(=O)N2CCC[C@H]2C(=O)N1. The highest BCUT2D eigenvalue weighted by Crippen LogP contribution is 2.27. The van der Waals surface area contributed by atoms with Gasteiger partial charge in [-0.3, -0.25) is 24.0 Å². The highest BCUT2D eigenvalue weighted by Gasteiger charge is 2.37. The minimum atomic E-state index is -0.770. The van der Waals surface area contributed by atoms with Crippen molar-refractivity contribution in [3.05, 3.63) is 70.0 Å². The van der Waals surface area contributed by atoms with Gasteiger partial charge in [0, 0.05) is 43.2 Å². The van der Waals surface area contributed by atoms with Crippen LogP contribution in [-0.4, -0.2) is 77.5 Å². The molecule has 2 bridgehead atoms. The molecule has 1 fully saturated rings. The van der Waals surface area contributed by atoms with Crippen molar-refractivity contribution in [2.45, 2.75) is 64.5 Å². The van der Waals surface area contributed by atoms with Crippen LogP contribution in [0.25, 0.3) is 0 Å². The summed E-state index contributed by atoms with van der Waals surface area (Å²) in [5, 5.41) is 5.89. The van der Waals surface area contributed by atoms with Gasteiger partial charge in [0.1, 0.15) is 11.9 Å². The summed E-state index contributed by atoms with van der Waals surface area (Å²) in [7, 11) is 0. The molecule has 0 spiro atoms. The molecule has 2 N–H and O–H groups in total. The Kier molecular flexibility index (Phi) is 8.70. The predicted molar refractivity (Wildman–Crippen MR) is 154 cm³/mol. The Morgan fingerprint density at radius 1 is 1.00 bits per heavy atom. The molecular formula is C32H37FN4O5. The Morgan fingerprint density at radius 3 is 2.60 bits per heavy atom. The third-order valence-corrected chi connectivity index (χ3v) is 8.52. The van der Waals surface area contributed by atoms with E-state index in [1.54, 1.807) is 24.3 Å². The van der Waals surface area contributed by atoms with Crippen LogP contribution in [0.1, 0.15) is 81.7 Å². The molecule has 222 valence electrons. The van der Waals surface area contributed by atoms with Crippen LogP contribution in [0.2, 0.25) is 0 Å². The Labute approximate surface area is 244 Å². The van der Waals surface area contributed by atoms with E-state index in [9.17, 15) is 28.4 Å². The fourth-order valence-corrected chi connectivity index (χ4v) is 6.10. The summed E-state index contributed by atoms with van der Waals surface area (Å²) < 4.78 is 14.8. The fourth-order valence-electron chi connectivity index (χ4n) is 6.10. The zero-order valence-electron chi connectivity index (χ0n) is 24.1. The number of rotatable bonds is 2. The van der Waals surface area contributed by atoms with E-state index in [-0.39, 0.29) is 48.1 Å². The number of hydrogen-bond donors (Lipinski definition) is 2. The van der Waals surface area contributed by atoms with Crippen molar-refractivity contribution in [1.29, 1.82) is 0 Å². The van der Waals surface area contributed by atoms with Crippen molar-refractivity contribution in [2.24, 2.45) is 5.92 Å². The number of aryl methyl sites for hydroxylation is 1. The topological polar surface area (TPSA) is 116 Å². The van der Waals surface area contributed by atoms with Crippen molar-refractivity contribution in [2.75, 3.05) is 26.2 Å². The molecule has 2 aliphatic heterocycles. The second-order valence-electron chi connectivity index (χ2n) is 11.7. The van der Waals surface area contributed by atoms with Crippen molar-refractivity contribution >= 4 is 29.4 Å². The number of ketones is 1. The molecule has 0 saturated carbocycles. The number of carbonyl (C=O) groups excluding carboxylic acids is 5. The van der Waals surface area contributed by atoms with Gasteiger partial charge in [-0.15, -0.1) is 0 Å². The Morgan fingerprint density at radius 2 is 1.81 bits per heavy atom. The summed E-state index contributed by atoms with van der Waals surface area (Å²) in [6.07, 6.45) is 2.92. The van der Waals surface area contributed by atoms with Gasteiger partial charge in [0.25, 0.3) is 11.8 Å². The highest BCUT2D eigenvalue weighted by molar-refractivity contribution is 6.06. The number of halogens is 1. The van der Waals surface area contributed by atoms with Crippen LogP contribution in [0.5, 0.6) is 0 Å². The monoisotopic (exact) mass is 576 g/mol. The lowest BCUT2D eigenvalue weighted by Gasteiger charge is -2.32. The first-order chi connectivity index (χ1) is 20.1. The molecule has 5 rings (SSSR count). The summed E-state index contributed by atoms with van der Waals surface area (Å²) in [6.45, 7) is 4.33. The van der Waals surface area contributed by atoms with E-state index in [2.05, 4.69) is 10.6 Å². The summed E-state index contributed by atoms with van der Waals surface area (Å²) >= 11 is 0. The number of fused-ring (bicyclic) bond motifs is 4. The van der Waals surface area contributed by atoms with E-state index in [4.69, 9.17) is 0 Å². The number of carbonyl (C=O) groups is 5.